The van der Waals surface area contributed by atoms with Crippen molar-refractivity contribution in [3.05, 3.63) is 23.4 Å². The SMILES string of the molecule is CS(=O)(=O)N1CCC(C(=O)NC(CCCCCCCc2ccc3c(n2)NCCC3)C(=O)O)CC1. The first-order valence-corrected chi connectivity index (χ1v) is 14.3. The number of rotatable bonds is 12. The van der Waals surface area contributed by atoms with Crippen LogP contribution in [0.3, 0.4) is 0 Å². The maximum atomic E-state index is 12.5. The summed E-state index contributed by atoms with van der Waals surface area (Å²) in [7, 11) is -3.25. The van der Waals surface area contributed by atoms with E-state index in [1.54, 1.807) is 0 Å². The Morgan fingerprint density at radius 3 is 2.59 bits per heavy atom. The third kappa shape index (κ3) is 7.94. The van der Waals surface area contributed by atoms with E-state index in [1.807, 2.05) is 0 Å². The summed E-state index contributed by atoms with van der Waals surface area (Å²) in [5.74, 6) is -0.611. The fourth-order valence-electron chi connectivity index (χ4n) is 4.69. The number of aromatic nitrogens is 1. The van der Waals surface area contributed by atoms with Crippen LogP contribution in [0.1, 0.15) is 69.0 Å². The number of nitrogens with zero attached hydrogens (tertiary/aromatic N) is 2. The van der Waals surface area contributed by atoms with Gasteiger partial charge in [-0.25, -0.2) is 22.5 Å². The average molecular weight is 495 g/mol. The topological polar surface area (TPSA) is 129 Å². The first-order valence-electron chi connectivity index (χ1n) is 12.4. The number of hydrogen-bond acceptors (Lipinski definition) is 6. The lowest BCUT2D eigenvalue weighted by molar-refractivity contribution is -0.142. The van der Waals surface area contributed by atoms with Crippen molar-refractivity contribution < 1.29 is 23.1 Å². The number of carbonyl (C=O) groups excluding carboxylic acids is 1. The Morgan fingerprint density at radius 2 is 1.88 bits per heavy atom. The van der Waals surface area contributed by atoms with E-state index in [-0.39, 0.29) is 11.8 Å². The number of carboxylic acids is 1. The van der Waals surface area contributed by atoms with Crippen LogP contribution in [0.2, 0.25) is 0 Å². The molecule has 1 saturated heterocycles. The Kier molecular flexibility index (Phi) is 9.70. The highest BCUT2D eigenvalue weighted by atomic mass is 32.2. The Morgan fingerprint density at radius 1 is 1.18 bits per heavy atom. The molecule has 10 heteroatoms. The van der Waals surface area contributed by atoms with E-state index in [1.165, 1.54) is 9.87 Å². The minimum absolute atomic E-state index is 0.285. The molecule has 0 aromatic carbocycles. The predicted octanol–water partition coefficient (Wildman–Crippen LogP) is 2.56. The van der Waals surface area contributed by atoms with Gasteiger partial charge in [-0.1, -0.05) is 31.7 Å². The zero-order valence-corrected chi connectivity index (χ0v) is 20.9. The summed E-state index contributed by atoms with van der Waals surface area (Å²) in [6.45, 7) is 1.59. The number of carbonyl (C=O) groups is 2. The number of fused-ring (bicyclic) bond motifs is 1. The fraction of sp³-hybridized carbons (Fsp3) is 0.708. The lowest BCUT2D eigenvalue weighted by atomic mass is 9.96. The van der Waals surface area contributed by atoms with Gasteiger partial charge in [0.15, 0.2) is 0 Å². The van der Waals surface area contributed by atoms with E-state index in [9.17, 15) is 23.1 Å². The molecule has 1 atom stereocenters. The third-order valence-electron chi connectivity index (χ3n) is 6.79. The molecule has 0 aliphatic carbocycles. The Balaban J connectivity index is 1.30. The molecule has 1 aromatic heterocycles. The molecule has 9 nitrogen and oxygen atoms in total. The normalized spacial score (nSPS) is 18.0. The molecule has 2 aliphatic heterocycles. The zero-order chi connectivity index (χ0) is 24.6. The lowest BCUT2D eigenvalue weighted by Crippen LogP contribution is -2.47. The molecule has 2 aliphatic rings. The number of unbranched alkanes of at least 4 members (excludes halogenated alkanes) is 4. The van der Waals surface area contributed by atoms with Gasteiger partial charge in [0, 0.05) is 31.2 Å². The van der Waals surface area contributed by atoms with E-state index < -0.39 is 22.0 Å². The number of nitrogens with one attached hydrogen (secondary N) is 2. The van der Waals surface area contributed by atoms with Crippen molar-refractivity contribution in [1.29, 1.82) is 0 Å². The molecule has 0 radical (unpaired) electrons. The monoisotopic (exact) mass is 494 g/mol. The second kappa shape index (κ2) is 12.5. The van der Waals surface area contributed by atoms with Crippen LogP contribution in [0.25, 0.3) is 0 Å². The molecule has 0 saturated carbocycles. The van der Waals surface area contributed by atoms with Crippen molar-refractivity contribution in [2.75, 3.05) is 31.2 Å². The minimum atomic E-state index is -3.25. The number of piperidine rings is 1. The molecular weight excluding hydrogens is 456 g/mol. The minimum Gasteiger partial charge on any atom is -0.480 e. The van der Waals surface area contributed by atoms with Gasteiger partial charge >= 0.3 is 5.97 Å². The molecule has 0 spiro atoms. The highest BCUT2D eigenvalue weighted by Gasteiger charge is 2.31. The molecule has 3 N–H and O–H groups in total. The second-order valence-electron chi connectivity index (χ2n) is 9.48. The quantitative estimate of drug-likeness (QED) is 0.381. The van der Waals surface area contributed by atoms with Crippen molar-refractivity contribution in [1.82, 2.24) is 14.6 Å². The van der Waals surface area contributed by atoms with Gasteiger partial charge in [0.1, 0.15) is 11.9 Å². The van der Waals surface area contributed by atoms with Gasteiger partial charge in [-0.2, -0.15) is 0 Å². The summed E-state index contributed by atoms with van der Waals surface area (Å²) in [5, 5.41) is 15.5. The van der Waals surface area contributed by atoms with Crippen LogP contribution >= 0.6 is 0 Å². The molecule has 1 unspecified atom stereocenters. The third-order valence-corrected chi connectivity index (χ3v) is 8.09. The van der Waals surface area contributed by atoms with Gasteiger partial charge < -0.3 is 15.7 Å². The van der Waals surface area contributed by atoms with Crippen LogP contribution in [-0.4, -0.2) is 66.6 Å². The molecule has 34 heavy (non-hydrogen) atoms. The number of aliphatic carboxylic acids is 1. The van der Waals surface area contributed by atoms with Crippen LogP contribution in [0.4, 0.5) is 5.82 Å². The zero-order valence-electron chi connectivity index (χ0n) is 20.1. The number of anilines is 1. The number of hydrogen-bond donors (Lipinski definition) is 3. The van der Waals surface area contributed by atoms with Crippen molar-refractivity contribution in [2.45, 2.75) is 76.7 Å². The summed E-state index contributed by atoms with van der Waals surface area (Å²) >= 11 is 0. The summed E-state index contributed by atoms with van der Waals surface area (Å²) in [4.78, 5) is 28.9. The highest BCUT2D eigenvalue weighted by Crippen LogP contribution is 2.21. The number of amides is 1. The standard InChI is InChI=1S/C24H38N4O5S/c1-34(32,33)28-16-13-19(14-17-28)23(29)27-21(24(30)31)10-6-4-2-3-5-9-20-12-11-18-8-7-15-25-22(18)26-20/h11-12,19,21H,2-10,13-17H2,1H3,(H,25,26)(H,27,29)(H,30,31). The van der Waals surface area contributed by atoms with Crippen molar-refractivity contribution >= 4 is 27.7 Å². The summed E-state index contributed by atoms with van der Waals surface area (Å²) in [6, 6.07) is 3.41. The molecule has 1 fully saturated rings. The Hall–Kier alpha value is -2.20. The summed E-state index contributed by atoms with van der Waals surface area (Å²) in [6.07, 6.45) is 10.4. The first kappa shape index (κ1) is 26.4. The molecule has 3 heterocycles. The van der Waals surface area contributed by atoms with Crippen molar-refractivity contribution in [3.63, 3.8) is 0 Å². The van der Waals surface area contributed by atoms with Gasteiger partial charge in [-0.05, 0) is 56.6 Å². The van der Waals surface area contributed by atoms with E-state index in [0.717, 1.165) is 75.7 Å². The van der Waals surface area contributed by atoms with Gasteiger partial charge in [-0.3, -0.25) is 4.79 Å². The summed E-state index contributed by atoms with van der Waals surface area (Å²) < 4.78 is 24.6. The first-order chi connectivity index (χ1) is 16.2. The summed E-state index contributed by atoms with van der Waals surface area (Å²) in [5.41, 5.74) is 2.42. The molecule has 0 bridgehead atoms. The van der Waals surface area contributed by atoms with Crippen molar-refractivity contribution in [3.8, 4) is 0 Å². The lowest BCUT2D eigenvalue weighted by Gasteiger charge is -2.30. The van der Waals surface area contributed by atoms with Crippen LogP contribution in [-0.2, 0) is 32.5 Å². The molecule has 190 valence electrons. The van der Waals surface area contributed by atoms with E-state index in [4.69, 9.17) is 4.98 Å². The largest absolute Gasteiger partial charge is 0.480 e. The number of sulfonamides is 1. The van der Waals surface area contributed by atoms with E-state index >= 15 is 0 Å². The van der Waals surface area contributed by atoms with Crippen LogP contribution < -0.4 is 10.6 Å². The van der Waals surface area contributed by atoms with Gasteiger partial charge in [0.25, 0.3) is 0 Å². The Labute approximate surface area is 202 Å². The Bertz CT molecular complexity index is 945. The van der Waals surface area contributed by atoms with Gasteiger partial charge in [0.2, 0.25) is 15.9 Å². The fourth-order valence-corrected chi connectivity index (χ4v) is 5.56. The van der Waals surface area contributed by atoms with Gasteiger partial charge in [-0.15, -0.1) is 0 Å². The smallest absolute Gasteiger partial charge is 0.326 e. The highest BCUT2D eigenvalue weighted by molar-refractivity contribution is 7.88. The van der Waals surface area contributed by atoms with E-state index in [0.29, 0.717) is 32.4 Å². The average Bonchev–Trinajstić information content (AvgIpc) is 2.81. The number of pyridine rings is 1. The second-order valence-corrected chi connectivity index (χ2v) is 11.5. The molecular formula is C24H38N4O5S. The van der Waals surface area contributed by atoms with Crippen LogP contribution in [0.5, 0.6) is 0 Å². The van der Waals surface area contributed by atoms with Crippen molar-refractivity contribution in [2.24, 2.45) is 5.92 Å². The number of aryl methyl sites for hydroxylation is 2. The van der Waals surface area contributed by atoms with E-state index in [2.05, 4.69) is 22.8 Å². The molecule has 1 aromatic rings. The predicted molar refractivity (Wildman–Crippen MR) is 131 cm³/mol. The molecule has 3 rings (SSSR count). The number of carboxylic acid groups (broad SMARTS) is 1. The van der Waals surface area contributed by atoms with Crippen LogP contribution in [0, 0.1) is 5.92 Å². The molecule has 1 amide bonds. The van der Waals surface area contributed by atoms with Crippen LogP contribution in [0.15, 0.2) is 12.1 Å². The van der Waals surface area contributed by atoms with Gasteiger partial charge in [0.05, 0.1) is 6.26 Å². The maximum Gasteiger partial charge on any atom is 0.326 e. The maximum absolute atomic E-state index is 12.5.